The number of ether oxygens (including phenoxy) is 1. The minimum Gasteiger partial charge on any atom is -0.465 e. The monoisotopic (exact) mass is 483 g/mol. The average Bonchev–Trinajstić information content (AvgIpc) is 2.95. The van der Waals surface area contributed by atoms with Gasteiger partial charge in [0.05, 0.1) is 23.9 Å². The summed E-state index contributed by atoms with van der Waals surface area (Å²) in [5.41, 5.74) is 0. The van der Waals surface area contributed by atoms with Crippen LogP contribution in [-0.2, 0) is 33.9 Å². The van der Waals surface area contributed by atoms with Crippen LogP contribution in [0.2, 0.25) is 0 Å². The van der Waals surface area contributed by atoms with Gasteiger partial charge in [-0.25, -0.2) is 8.42 Å². The highest BCUT2D eigenvalue weighted by atomic mass is 32.2. The van der Waals surface area contributed by atoms with E-state index in [0.29, 0.717) is 25.7 Å². The van der Waals surface area contributed by atoms with Gasteiger partial charge in [-0.15, -0.1) is 0 Å². The minimum absolute atomic E-state index is 0.0744. The van der Waals surface area contributed by atoms with Crippen LogP contribution in [0.5, 0.6) is 0 Å². The molecule has 0 heterocycles. The molecule has 8 nitrogen and oxygen atoms in total. The van der Waals surface area contributed by atoms with Gasteiger partial charge < -0.3 is 4.74 Å². The molecule has 1 aliphatic carbocycles. The third-order valence-electron chi connectivity index (χ3n) is 5.48. The summed E-state index contributed by atoms with van der Waals surface area (Å²) < 4.78 is 62.1. The van der Waals surface area contributed by atoms with E-state index in [1.165, 1.54) is 6.07 Å². The molecule has 1 fully saturated rings. The second-order valence-corrected chi connectivity index (χ2v) is 11.5. The summed E-state index contributed by atoms with van der Waals surface area (Å²) in [5.74, 6) is -0.651. The number of nitrogens with zero attached hydrogens (tertiary/aromatic N) is 1. The van der Waals surface area contributed by atoms with Gasteiger partial charge in [0, 0.05) is 6.04 Å². The largest absolute Gasteiger partial charge is 0.465 e. The Bertz CT molecular complexity index is 1160. The third-order valence-corrected chi connectivity index (χ3v) is 8.00. The molecule has 2 atom stereocenters. The molecule has 2 aromatic carbocycles. The molecule has 1 unspecified atom stereocenters. The van der Waals surface area contributed by atoms with Crippen molar-refractivity contribution in [2.45, 2.75) is 56.1 Å². The van der Waals surface area contributed by atoms with E-state index in [1.54, 1.807) is 19.1 Å². The van der Waals surface area contributed by atoms with E-state index in [0.717, 1.165) is 21.3 Å². The van der Waals surface area contributed by atoms with Crippen LogP contribution < -0.4 is 0 Å². The molecule has 176 valence electrons. The number of hydrogen-bond donors (Lipinski definition) is 0. The first-order valence-electron chi connectivity index (χ1n) is 10.6. The van der Waals surface area contributed by atoms with E-state index < -0.39 is 44.8 Å². The van der Waals surface area contributed by atoms with Crippen molar-refractivity contribution in [3.63, 3.8) is 0 Å². The zero-order valence-corrected chi connectivity index (χ0v) is 19.9. The smallest absolute Gasteiger partial charge is 0.321 e. The molecule has 1 saturated carbocycles. The van der Waals surface area contributed by atoms with Gasteiger partial charge in [0.2, 0.25) is 10.0 Å². The molecule has 2 aromatic rings. The van der Waals surface area contributed by atoms with Crippen molar-refractivity contribution in [3.8, 4) is 0 Å². The first-order valence-corrected chi connectivity index (χ1v) is 13.9. The van der Waals surface area contributed by atoms with Crippen molar-refractivity contribution in [3.05, 3.63) is 42.5 Å². The first-order chi connectivity index (χ1) is 15.1. The van der Waals surface area contributed by atoms with E-state index in [-0.39, 0.29) is 17.9 Å². The standard InChI is InChI=1S/C22H29NO7S2/c1-3-29-22(24)16-23(19-10-6-7-11-20(15-19)30-31(2,25)26)32(27,28)21-13-12-17-8-4-5-9-18(17)14-21/h4-5,8-9,12-14,19-20H,3,6-7,10-11,15-16H2,1-2H3/t19-,20?/m1/s1. The summed E-state index contributed by atoms with van der Waals surface area (Å²) in [6, 6.07) is 11.7. The number of esters is 1. The van der Waals surface area contributed by atoms with Crippen LogP contribution in [0.4, 0.5) is 0 Å². The number of benzene rings is 2. The molecule has 3 rings (SSSR count). The number of sulfonamides is 1. The van der Waals surface area contributed by atoms with Crippen LogP contribution in [0, 0.1) is 0 Å². The van der Waals surface area contributed by atoms with Gasteiger partial charge in [0.1, 0.15) is 6.54 Å². The van der Waals surface area contributed by atoms with Crippen LogP contribution in [0.15, 0.2) is 47.4 Å². The average molecular weight is 484 g/mol. The summed E-state index contributed by atoms with van der Waals surface area (Å²) in [7, 11) is -7.75. The Kier molecular flexibility index (Phi) is 7.92. The number of rotatable bonds is 8. The lowest BCUT2D eigenvalue weighted by Crippen LogP contribution is -2.45. The lowest BCUT2D eigenvalue weighted by atomic mass is 10.1. The Morgan fingerprint density at radius 3 is 2.41 bits per heavy atom. The Labute approximate surface area is 189 Å². The molecular formula is C22H29NO7S2. The maximum Gasteiger partial charge on any atom is 0.321 e. The molecule has 0 radical (unpaired) electrons. The van der Waals surface area contributed by atoms with Gasteiger partial charge in [-0.2, -0.15) is 12.7 Å². The molecule has 0 amide bonds. The zero-order chi connectivity index (χ0) is 23.4. The van der Waals surface area contributed by atoms with E-state index in [1.807, 2.05) is 24.3 Å². The van der Waals surface area contributed by atoms with E-state index >= 15 is 0 Å². The molecule has 0 bridgehead atoms. The molecule has 1 aliphatic rings. The van der Waals surface area contributed by atoms with Crippen molar-refractivity contribution in [2.24, 2.45) is 0 Å². The van der Waals surface area contributed by atoms with Crippen LogP contribution in [0.25, 0.3) is 10.8 Å². The number of hydrogen-bond acceptors (Lipinski definition) is 7. The van der Waals surface area contributed by atoms with Crippen molar-refractivity contribution < 1.29 is 30.6 Å². The fourth-order valence-electron chi connectivity index (χ4n) is 4.09. The Hall–Kier alpha value is -2.01. The molecule has 32 heavy (non-hydrogen) atoms. The predicted octanol–water partition coefficient (Wildman–Crippen LogP) is 3.07. The lowest BCUT2D eigenvalue weighted by Gasteiger charge is -2.31. The highest BCUT2D eigenvalue weighted by molar-refractivity contribution is 7.89. The van der Waals surface area contributed by atoms with Gasteiger partial charge >= 0.3 is 5.97 Å². The second-order valence-electron chi connectivity index (χ2n) is 7.96. The fraction of sp³-hybridized carbons (Fsp3) is 0.500. The quantitative estimate of drug-likeness (QED) is 0.323. The first kappa shape index (κ1) is 24.6. The van der Waals surface area contributed by atoms with Crippen LogP contribution in [0.1, 0.15) is 39.0 Å². The molecule has 0 aromatic heterocycles. The Balaban J connectivity index is 1.98. The van der Waals surface area contributed by atoms with Gasteiger partial charge in [0.25, 0.3) is 10.1 Å². The van der Waals surface area contributed by atoms with Gasteiger partial charge in [-0.3, -0.25) is 8.98 Å². The summed E-state index contributed by atoms with van der Waals surface area (Å²) in [6.45, 7) is 1.34. The summed E-state index contributed by atoms with van der Waals surface area (Å²) >= 11 is 0. The van der Waals surface area contributed by atoms with Crippen LogP contribution in [-0.4, -0.2) is 58.7 Å². The fourth-order valence-corrected chi connectivity index (χ4v) is 6.41. The molecule has 0 aliphatic heterocycles. The highest BCUT2D eigenvalue weighted by Crippen LogP contribution is 2.30. The maximum absolute atomic E-state index is 13.7. The lowest BCUT2D eigenvalue weighted by molar-refractivity contribution is -0.143. The second kappa shape index (κ2) is 10.3. The van der Waals surface area contributed by atoms with Crippen molar-refractivity contribution in [1.29, 1.82) is 0 Å². The van der Waals surface area contributed by atoms with Crippen LogP contribution >= 0.6 is 0 Å². The van der Waals surface area contributed by atoms with Crippen molar-refractivity contribution >= 4 is 36.9 Å². The van der Waals surface area contributed by atoms with E-state index in [9.17, 15) is 21.6 Å². The number of carbonyl (C=O) groups is 1. The third kappa shape index (κ3) is 6.28. The molecule has 0 saturated heterocycles. The predicted molar refractivity (Wildman–Crippen MR) is 121 cm³/mol. The molecular weight excluding hydrogens is 454 g/mol. The highest BCUT2D eigenvalue weighted by Gasteiger charge is 2.36. The maximum atomic E-state index is 13.7. The molecule has 0 N–H and O–H groups in total. The SMILES string of the molecule is CCOC(=O)CN([C@@H]1CCCCC(OS(C)(=O)=O)C1)S(=O)(=O)c1ccc2ccccc2c1. The number of carbonyl (C=O) groups excluding carboxylic acids is 1. The van der Waals surface area contributed by atoms with Gasteiger partial charge in [-0.05, 0) is 49.1 Å². The number of fused-ring (bicyclic) bond motifs is 1. The Morgan fingerprint density at radius 2 is 1.72 bits per heavy atom. The zero-order valence-electron chi connectivity index (χ0n) is 18.3. The van der Waals surface area contributed by atoms with Crippen molar-refractivity contribution in [2.75, 3.05) is 19.4 Å². The molecule has 0 spiro atoms. The Morgan fingerprint density at radius 1 is 1.03 bits per heavy atom. The minimum atomic E-state index is -4.06. The topological polar surface area (TPSA) is 107 Å². The normalized spacial score (nSPS) is 20.2. The van der Waals surface area contributed by atoms with Crippen LogP contribution in [0.3, 0.4) is 0 Å². The van der Waals surface area contributed by atoms with Crippen molar-refractivity contribution in [1.82, 2.24) is 4.31 Å². The molecule has 10 heteroatoms. The van der Waals surface area contributed by atoms with E-state index in [4.69, 9.17) is 8.92 Å². The summed E-state index contributed by atoms with van der Waals surface area (Å²) in [4.78, 5) is 12.4. The van der Waals surface area contributed by atoms with Gasteiger partial charge in [0.15, 0.2) is 0 Å². The summed E-state index contributed by atoms with van der Waals surface area (Å²) in [5, 5.41) is 1.67. The van der Waals surface area contributed by atoms with E-state index in [2.05, 4.69) is 0 Å². The summed E-state index contributed by atoms with van der Waals surface area (Å²) in [6.07, 6.45) is 2.92. The van der Waals surface area contributed by atoms with Gasteiger partial charge in [-0.1, -0.05) is 43.2 Å².